The second-order valence-electron chi connectivity index (χ2n) is 2.37. The zero-order chi connectivity index (χ0) is 9.23. The predicted molar refractivity (Wildman–Crippen MR) is 53.4 cm³/mol. The number of ether oxygens (including phenoxy) is 1. The Morgan fingerprint density at radius 1 is 1.50 bits per heavy atom. The third kappa shape index (κ3) is 7.79. The molecule has 0 amide bonds. The molecule has 0 heterocycles. The van der Waals surface area contributed by atoms with Gasteiger partial charge in [-0.2, -0.15) is 0 Å². The number of rotatable bonds is 6. The Labute approximate surface area is 82.1 Å². The first-order valence-electron chi connectivity index (χ1n) is 4.17. The van der Waals surface area contributed by atoms with Gasteiger partial charge < -0.3 is 4.74 Å². The fraction of sp³-hybridized carbons (Fsp3) is 0.667. The van der Waals surface area contributed by atoms with Gasteiger partial charge in [0.1, 0.15) is 0 Å². The summed E-state index contributed by atoms with van der Waals surface area (Å²) in [7, 11) is 0. The number of alkyl halides is 1. The Morgan fingerprint density at radius 2 is 2.25 bits per heavy atom. The molecule has 0 aliphatic carbocycles. The van der Waals surface area contributed by atoms with Gasteiger partial charge in [0.25, 0.3) is 0 Å². The van der Waals surface area contributed by atoms with Gasteiger partial charge in [-0.15, -0.1) is 0 Å². The van der Waals surface area contributed by atoms with E-state index in [4.69, 9.17) is 4.74 Å². The maximum atomic E-state index is 10.9. The van der Waals surface area contributed by atoms with Crippen LogP contribution in [0.15, 0.2) is 12.2 Å². The van der Waals surface area contributed by atoms with Crippen molar-refractivity contribution in [3.63, 3.8) is 0 Å². The lowest BCUT2D eigenvalue weighted by Crippen LogP contribution is -2.03. The molecule has 0 N–H and O–H groups in total. The van der Waals surface area contributed by atoms with E-state index in [1.54, 1.807) is 0 Å². The molecule has 0 spiro atoms. The quantitative estimate of drug-likeness (QED) is 0.402. The van der Waals surface area contributed by atoms with Gasteiger partial charge >= 0.3 is 5.97 Å². The molecule has 0 radical (unpaired) electrons. The Hall–Kier alpha value is -0.310. The van der Waals surface area contributed by atoms with Crippen LogP contribution in [0.5, 0.6) is 0 Å². The summed E-state index contributed by atoms with van der Waals surface area (Å²) in [6.07, 6.45) is 6.06. The normalized spacial score (nSPS) is 10.5. The lowest BCUT2D eigenvalue weighted by Gasteiger charge is -1.98. The third-order valence-corrected chi connectivity index (χ3v) is 1.65. The molecule has 12 heavy (non-hydrogen) atoms. The van der Waals surface area contributed by atoms with Crippen LogP contribution in [0, 0.1) is 0 Å². The van der Waals surface area contributed by atoms with Crippen LogP contribution >= 0.6 is 15.9 Å². The van der Waals surface area contributed by atoms with E-state index in [9.17, 15) is 4.79 Å². The van der Waals surface area contributed by atoms with Gasteiger partial charge in [0, 0.05) is 5.33 Å². The highest BCUT2D eigenvalue weighted by Gasteiger charge is 1.96. The topological polar surface area (TPSA) is 26.3 Å². The molecule has 0 saturated carbocycles. The smallest absolute Gasteiger partial charge is 0.309 e. The van der Waals surface area contributed by atoms with E-state index >= 15 is 0 Å². The molecule has 70 valence electrons. The van der Waals surface area contributed by atoms with Gasteiger partial charge in [0.05, 0.1) is 13.0 Å². The Balaban J connectivity index is 3.30. The number of esters is 1. The van der Waals surface area contributed by atoms with Crippen molar-refractivity contribution in [2.45, 2.75) is 26.2 Å². The van der Waals surface area contributed by atoms with Crippen LogP contribution in [0.4, 0.5) is 0 Å². The minimum atomic E-state index is -0.136. The van der Waals surface area contributed by atoms with Crippen LogP contribution in [0.2, 0.25) is 0 Å². The van der Waals surface area contributed by atoms with Crippen LogP contribution in [0.25, 0.3) is 0 Å². The Morgan fingerprint density at radius 3 is 2.83 bits per heavy atom. The highest BCUT2D eigenvalue weighted by atomic mass is 79.9. The fourth-order valence-electron chi connectivity index (χ4n) is 0.635. The van der Waals surface area contributed by atoms with E-state index in [0.29, 0.717) is 13.0 Å². The summed E-state index contributed by atoms with van der Waals surface area (Å²) in [6.45, 7) is 2.51. The maximum Gasteiger partial charge on any atom is 0.309 e. The van der Waals surface area contributed by atoms with Crippen molar-refractivity contribution >= 4 is 21.9 Å². The number of hydrogen-bond donors (Lipinski definition) is 0. The SMILES string of the molecule is CCCOC(=O)CC=CCCBr. The number of halogens is 1. The second-order valence-corrected chi connectivity index (χ2v) is 3.17. The van der Waals surface area contributed by atoms with Crippen molar-refractivity contribution < 1.29 is 9.53 Å². The Bertz CT molecular complexity index is 143. The van der Waals surface area contributed by atoms with Crippen LogP contribution in [-0.4, -0.2) is 17.9 Å². The molecule has 0 rings (SSSR count). The number of hydrogen-bond acceptors (Lipinski definition) is 2. The van der Waals surface area contributed by atoms with E-state index < -0.39 is 0 Å². The summed E-state index contributed by atoms with van der Waals surface area (Å²) in [5, 5.41) is 0.938. The summed E-state index contributed by atoms with van der Waals surface area (Å²) in [4.78, 5) is 10.9. The number of carbonyl (C=O) groups is 1. The van der Waals surface area contributed by atoms with E-state index in [2.05, 4.69) is 15.9 Å². The van der Waals surface area contributed by atoms with Crippen LogP contribution in [0.3, 0.4) is 0 Å². The summed E-state index contributed by atoms with van der Waals surface area (Å²) >= 11 is 3.29. The highest BCUT2D eigenvalue weighted by Crippen LogP contribution is 1.94. The highest BCUT2D eigenvalue weighted by molar-refractivity contribution is 9.09. The lowest BCUT2D eigenvalue weighted by atomic mass is 10.3. The minimum Gasteiger partial charge on any atom is -0.465 e. The second kappa shape index (κ2) is 8.78. The Kier molecular flexibility index (Phi) is 8.56. The van der Waals surface area contributed by atoms with E-state index in [0.717, 1.165) is 18.2 Å². The van der Waals surface area contributed by atoms with E-state index in [-0.39, 0.29) is 5.97 Å². The standard InChI is InChI=1S/C9H15BrO2/c1-2-8-12-9(11)6-4-3-5-7-10/h3-4H,2,5-8H2,1H3. The molecule has 0 unspecified atom stereocenters. The molecule has 0 aliphatic heterocycles. The molecular formula is C9H15BrO2. The molecule has 0 bridgehead atoms. The first-order chi connectivity index (χ1) is 5.81. The fourth-order valence-corrected chi connectivity index (χ4v) is 0.900. The largest absolute Gasteiger partial charge is 0.465 e. The van der Waals surface area contributed by atoms with Crippen molar-refractivity contribution in [1.82, 2.24) is 0 Å². The van der Waals surface area contributed by atoms with Crippen molar-refractivity contribution in [3.05, 3.63) is 12.2 Å². The summed E-state index contributed by atoms with van der Waals surface area (Å²) in [5.41, 5.74) is 0. The van der Waals surface area contributed by atoms with E-state index in [1.807, 2.05) is 19.1 Å². The molecule has 3 heteroatoms. The average molecular weight is 235 g/mol. The van der Waals surface area contributed by atoms with Crippen molar-refractivity contribution in [3.8, 4) is 0 Å². The molecule has 2 nitrogen and oxygen atoms in total. The molecule has 0 aromatic rings. The van der Waals surface area contributed by atoms with Crippen LogP contribution in [-0.2, 0) is 9.53 Å². The van der Waals surface area contributed by atoms with Gasteiger partial charge in [-0.3, -0.25) is 4.79 Å². The van der Waals surface area contributed by atoms with Gasteiger partial charge in [-0.25, -0.2) is 0 Å². The molecular weight excluding hydrogens is 220 g/mol. The van der Waals surface area contributed by atoms with Gasteiger partial charge in [0.15, 0.2) is 0 Å². The number of allylic oxidation sites excluding steroid dienone is 1. The average Bonchev–Trinajstić information content (AvgIpc) is 2.09. The van der Waals surface area contributed by atoms with E-state index in [1.165, 1.54) is 0 Å². The molecule has 0 aliphatic rings. The van der Waals surface area contributed by atoms with Crippen LogP contribution in [0.1, 0.15) is 26.2 Å². The van der Waals surface area contributed by atoms with Crippen LogP contribution < -0.4 is 0 Å². The molecule has 0 aromatic carbocycles. The lowest BCUT2D eigenvalue weighted by molar-refractivity contribution is -0.142. The zero-order valence-electron chi connectivity index (χ0n) is 7.38. The summed E-state index contributed by atoms with van der Waals surface area (Å²) < 4.78 is 4.87. The van der Waals surface area contributed by atoms with Crippen molar-refractivity contribution in [2.24, 2.45) is 0 Å². The molecule has 0 aromatic heterocycles. The third-order valence-electron chi connectivity index (χ3n) is 1.19. The zero-order valence-corrected chi connectivity index (χ0v) is 8.97. The predicted octanol–water partition coefficient (Wildman–Crippen LogP) is 2.67. The van der Waals surface area contributed by atoms with Gasteiger partial charge in [-0.05, 0) is 12.8 Å². The molecule has 0 atom stereocenters. The summed E-state index contributed by atoms with van der Waals surface area (Å²) in [5.74, 6) is -0.136. The first-order valence-corrected chi connectivity index (χ1v) is 5.30. The van der Waals surface area contributed by atoms with Crippen molar-refractivity contribution in [2.75, 3.05) is 11.9 Å². The van der Waals surface area contributed by atoms with Gasteiger partial charge in [0.2, 0.25) is 0 Å². The first kappa shape index (κ1) is 11.7. The number of carbonyl (C=O) groups excluding carboxylic acids is 1. The summed E-state index contributed by atoms with van der Waals surface area (Å²) in [6, 6.07) is 0. The minimum absolute atomic E-state index is 0.136. The van der Waals surface area contributed by atoms with Gasteiger partial charge in [-0.1, -0.05) is 35.0 Å². The molecule has 0 fully saturated rings. The maximum absolute atomic E-state index is 10.9. The molecule has 0 saturated heterocycles. The van der Waals surface area contributed by atoms with Crippen molar-refractivity contribution in [1.29, 1.82) is 0 Å². The monoisotopic (exact) mass is 234 g/mol.